The monoisotopic (exact) mass is 377 g/mol. The van der Waals surface area contributed by atoms with Crippen molar-refractivity contribution in [1.29, 1.82) is 0 Å². The smallest absolute Gasteiger partial charge is 0.399 e. The Kier molecular flexibility index (Phi) is 5.66. The van der Waals surface area contributed by atoms with E-state index in [4.69, 9.17) is 14.0 Å². The SMILES string of the molecule is CCOC[C@@H]1CCCN1C(=O)c1cccc(B2OC(C)(C)C(C)(C)O2)c1F. The van der Waals surface area contributed by atoms with Crippen LogP contribution in [0.4, 0.5) is 4.39 Å². The molecule has 148 valence electrons. The Labute approximate surface area is 161 Å². The number of benzene rings is 1. The minimum absolute atomic E-state index is 0.00245. The van der Waals surface area contributed by atoms with Gasteiger partial charge in [0.25, 0.3) is 5.91 Å². The predicted molar refractivity (Wildman–Crippen MR) is 103 cm³/mol. The third kappa shape index (κ3) is 3.77. The maximum absolute atomic E-state index is 15.3. The van der Waals surface area contributed by atoms with Crippen LogP contribution in [-0.4, -0.2) is 54.9 Å². The molecule has 1 atom stereocenters. The minimum atomic E-state index is -0.833. The van der Waals surface area contributed by atoms with Crippen molar-refractivity contribution in [2.75, 3.05) is 19.8 Å². The molecule has 2 fully saturated rings. The predicted octanol–water partition coefficient (Wildman–Crippen LogP) is 2.77. The Morgan fingerprint density at radius 3 is 2.59 bits per heavy atom. The number of halogens is 1. The van der Waals surface area contributed by atoms with Gasteiger partial charge in [0.2, 0.25) is 0 Å². The summed E-state index contributed by atoms with van der Waals surface area (Å²) < 4.78 is 32.7. The molecule has 0 aromatic heterocycles. The Morgan fingerprint density at radius 1 is 1.30 bits per heavy atom. The van der Waals surface area contributed by atoms with E-state index in [9.17, 15) is 4.79 Å². The van der Waals surface area contributed by atoms with Crippen LogP contribution in [0.5, 0.6) is 0 Å². The molecule has 0 radical (unpaired) electrons. The van der Waals surface area contributed by atoms with E-state index in [1.807, 2.05) is 34.6 Å². The Hall–Kier alpha value is -1.44. The lowest BCUT2D eigenvalue weighted by atomic mass is 9.77. The Balaban J connectivity index is 1.84. The summed E-state index contributed by atoms with van der Waals surface area (Å²) in [7, 11) is -0.833. The van der Waals surface area contributed by atoms with Crippen molar-refractivity contribution in [3.05, 3.63) is 29.6 Å². The molecular weight excluding hydrogens is 348 g/mol. The van der Waals surface area contributed by atoms with Crippen LogP contribution in [-0.2, 0) is 14.0 Å². The summed E-state index contributed by atoms with van der Waals surface area (Å²) in [5.41, 5.74) is -0.811. The van der Waals surface area contributed by atoms with Crippen molar-refractivity contribution in [1.82, 2.24) is 4.90 Å². The second-order valence-electron chi connectivity index (χ2n) is 8.25. The van der Waals surface area contributed by atoms with Gasteiger partial charge >= 0.3 is 7.12 Å². The van der Waals surface area contributed by atoms with E-state index in [2.05, 4.69) is 0 Å². The summed E-state index contributed by atoms with van der Waals surface area (Å²) in [5.74, 6) is -0.865. The van der Waals surface area contributed by atoms with Gasteiger partial charge in [-0.05, 0) is 53.5 Å². The zero-order valence-corrected chi connectivity index (χ0v) is 16.9. The molecule has 1 amide bonds. The lowest BCUT2D eigenvalue weighted by Gasteiger charge is -2.32. The van der Waals surface area contributed by atoms with Gasteiger partial charge in [-0.2, -0.15) is 0 Å². The zero-order chi connectivity index (χ0) is 19.8. The van der Waals surface area contributed by atoms with E-state index in [1.165, 1.54) is 6.07 Å². The number of hydrogen-bond donors (Lipinski definition) is 0. The van der Waals surface area contributed by atoms with Gasteiger partial charge in [0, 0.05) is 18.6 Å². The highest BCUT2D eigenvalue weighted by Gasteiger charge is 2.52. The van der Waals surface area contributed by atoms with Gasteiger partial charge in [-0.3, -0.25) is 4.79 Å². The molecule has 2 aliphatic heterocycles. The van der Waals surface area contributed by atoms with Crippen LogP contribution in [0.2, 0.25) is 0 Å². The molecule has 0 spiro atoms. The third-order valence-electron chi connectivity index (χ3n) is 5.92. The summed E-state index contributed by atoms with van der Waals surface area (Å²) in [6, 6.07) is 4.83. The van der Waals surface area contributed by atoms with Crippen LogP contribution in [0.15, 0.2) is 18.2 Å². The number of likely N-dealkylation sites (tertiary alicyclic amines) is 1. The van der Waals surface area contributed by atoms with Crippen molar-refractivity contribution < 1.29 is 23.2 Å². The summed E-state index contributed by atoms with van der Waals surface area (Å²) in [5, 5.41) is 0. The molecule has 3 rings (SSSR count). The van der Waals surface area contributed by atoms with E-state index < -0.39 is 24.1 Å². The van der Waals surface area contributed by atoms with Crippen LogP contribution in [0.25, 0.3) is 0 Å². The summed E-state index contributed by atoms with van der Waals surface area (Å²) >= 11 is 0. The zero-order valence-electron chi connectivity index (χ0n) is 16.9. The largest absolute Gasteiger partial charge is 0.497 e. The average Bonchev–Trinajstić information content (AvgIpc) is 3.14. The summed E-state index contributed by atoms with van der Waals surface area (Å²) in [4.78, 5) is 14.7. The molecular formula is C20H29BFNO4. The Morgan fingerprint density at radius 2 is 1.96 bits per heavy atom. The van der Waals surface area contributed by atoms with Crippen molar-refractivity contribution in [2.45, 2.75) is 64.7 Å². The highest BCUT2D eigenvalue weighted by atomic mass is 19.1. The molecule has 27 heavy (non-hydrogen) atoms. The van der Waals surface area contributed by atoms with E-state index in [0.29, 0.717) is 19.8 Å². The molecule has 0 unspecified atom stereocenters. The van der Waals surface area contributed by atoms with Crippen molar-refractivity contribution >= 4 is 18.5 Å². The van der Waals surface area contributed by atoms with E-state index >= 15 is 4.39 Å². The van der Waals surface area contributed by atoms with Crippen LogP contribution < -0.4 is 5.46 Å². The van der Waals surface area contributed by atoms with Crippen molar-refractivity contribution in [2.24, 2.45) is 0 Å². The summed E-state index contributed by atoms with van der Waals surface area (Å²) in [6.45, 7) is 11.3. The van der Waals surface area contributed by atoms with Crippen molar-refractivity contribution in [3.63, 3.8) is 0 Å². The lowest BCUT2D eigenvalue weighted by molar-refractivity contribution is 0.00578. The number of ether oxygens (including phenoxy) is 1. The maximum Gasteiger partial charge on any atom is 0.497 e. The highest BCUT2D eigenvalue weighted by Crippen LogP contribution is 2.36. The second-order valence-corrected chi connectivity index (χ2v) is 8.25. The second kappa shape index (κ2) is 7.53. The first-order chi connectivity index (χ1) is 12.7. The lowest BCUT2D eigenvalue weighted by Crippen LogP contribution is -2.41. The topological polar surface area (TPSA) is 48.0 Å². The highest BCUT2D eigenvalue weighted by molar-refractivity contribution is 6.62. The number of hydrogen-bond acceptors (Lipinski definition) is 4. The first kappa shape index (κ1) is 20.3. The molecule has 2 saturated heterocycles. The van der Waals surface area contributed by atoms with Gasteiger partial charge in [0.1, 0.15) is 5.82 Å². The van der Waals surface area contributed by atoms with Crippen LogP contribution in [0.1, 0.15) is 57.8 Å². The van der Waals surface area contributed by atoms with Crippen LogP contribution in [0, 0.1) is 5.82 Å². The molecule has 0 N–H and O–H groups in total. The first-order valence-electron chi connectivity index (χ1n) is 9.70. The molecule has 0 bridgehead atoms. The van der Waals surface area contributed by atoms with E-state index in [0.717, 1.165) is 12.8 Å². The number of amides is 1. The van der Waals surface area contributed by atoms with E-state index in [1.54, 1.807) is 17.0 Å². The molecule has 0 saturated carbocycles. The van der Waals surface area contributed by atoms with Gasteiger partial charge in [0.15, 0.2) is 0 Å². The number of rotatable bonds is 5. The standard InChI is InChI=1S/C20H29BFNO4/c1-6-25-13-14-9-8-12-23(14)18(24)15-10-7-11-16(17(15)22)21-26-19(2,3)20(4,5)27-21/h7,10-11,14H,6,8-9,12-13H2,1-5H3/t14-/m0/s1. The quantitative estimate of drug-likeness (QED) is 0.741. The third-order valence-corrected chi connectivity index (χ3v) is 5.92. The number of nitrogens with zero attached hydrogens (tertiary/aromatic N) is 1. The molecule has 5 nitrogen and oxygen atoms in total. The maximum atomic E-state index is 15.3. The van der Waals surface area contributed by atoms with Crippen molar-refractivity contribution in [3.8, 4) is 0 Å². The summed E-state index contributed by atoms with van der Waals surface area (Å²) in [6.07, 6.45) is 1.78. The molecule has 2 heterocycles. The Bertz CT molecular complexity index is 693. The normalized spacial score (nSPS) is 23.9. The minimum Gasteiger partial charge on any atom is -0.399 e. The molecule has 1 aromatic rings. The fourth-order valence-electron chi connectivity index (χ4n) is 3.55. The van der Waals surface area contributed by atoms with Gasteiger partial charge < -0.3 is 18.9 Å². The first-order valence-corrected chi connectivity index (χ1v) is 9.70. The molecule has 1 aromatic carbocycles. The van der Waals surface area contributed by atoms with Crippen LogP contribution in [0.3, 0.4) is 0 Å². The molecule has 0 aliphatic carbocycles. The van der Waals surface area contributed by atoms with E-state index in [-0.39, 0.29) is 23.0 Å². The fourth-order valence-corrected chi connectivity index (χ4v) is 3.55. The van der Waals surface area contributed by atoms with Crippen LogP contribution >= 0.6 is 0 Å². The molecule has 2 aliphatic rings. The van der Waals surface area contributed by atoms with Gasteiger partial charge in [0.05, 0.1) is 29.4 Å². The average molecular weight is 377 g/mol. The number of carbonyl (C=O) groups is 1. The number of carbonyl (C=O) groups excluding carboxylic acids is 1. The fraction of sp³-hybridized carbons (Fsp3) is 0.650. The van der Waals surface area contributed by atoms with Gasteiger partial charge in [-0.1, -0.05) is 12.1 Å². The van der Waals surface area contributed by atoms with Gasteiger partial charge in [-0.15, -0.1) is 0 Å². The van der Waals surface area contributed by atoms with Gasteiger partial charge in [-0.25, -0.2) is 4.39 Å². The molecule has 7 heteroatoms.